The molecule has 0 amide bonds. The van der Waals surface area contributed by atoms with E-state index in [1.165, 1.54) is 16.4 Å². The van der Waals surface area contributed by atoms with Crippen LogP contribution in [0.2, 0.25) is 0 Å². The van der Waals surface area contributed by atoms with Gasteiger partial charge in [0.2, 0.25) is 15.6 Å². The van der Waals surface area contributed by atoms with Crippen LogP contribution in [0.3, 0.4) is 0 Å². The van der Waals surface area contributed by atoms with E-state index in [-0.39, 0.29) is 28.8 Å². The molecule has 0 radical (unpaired) electrons. The fourth-order valence-electron chi connectivity index (χ4n) is 5.07. The van der Waals surface area contributed by atoms with Crippen LogP contribution in [0, 0.1) is 0 Å². The van der Waals surface area contributed by atoms with Gasteiger partial charge in [-0.25, -0.2) is 13.4 Å². The number of H-pyrrole nitrogens is 1. The number of rotatable bonds is 8. The zero-order chi connectivity index (χ0) is 25.3. The van der Waals surface area contributed by atoms with Crippen molar-refractivity contribution in [3.63, 3.8) is 0 Å². The number of aliphatic hydroxyl groups excluding tert-OH is 1. The molecule has 11 nitrogen and oxygen atoms in total. The number of aromatic nitrogens is 3. The van der Waals surface area contributed by atoms with Crippen LogP contribution in [0.4, 0.5) is 0 Å². The summed E-state index contributed by atoms with van der Waals surface area (Å²) in [6.07, 6.45) is 4.12. The normalized spacial score (nSPS) is 18.3. The molecule has 3 aromatic rings. The van der Waals surface area contributed by atoms with Gasteiger partial charge in [0.1, 0.15) is 22.8 Å². The van der Waals surface area contributed by atoms with Crippen LogP contribution < -0.4 is 10.3 Å². The van der Waals surface area contributed by atoms with Gasteiger partial charge in [-0.2, -0.15) is 4.31 Å². The highest BCUT2D eigenvalue weighted by Gasteiger charge is 2.30. The number of β-amino-alcohol motifs (C(OH)–C–C–N with tert-alkyl or cyclic N) is 1. The fourth-order valence-corrected chi connectivity index (χ4v) is 6.52. The molecule has 1 aromatic carbocycles. The largest absolute Gasteiger partial charge is 0.493 e. The van der Waals surface area contributed by atoms with Crippen LogP contribution in [-0.2, 0) is 10.0 Å². The number of nitrogens with zero attached hydrogens (tertiary/aromatic N) is 4. The smallest absolute Gasteiger partial charge is 0.297 e. The second-order valence-electron chi connectivity index (χ2n) is 9.20. The molecule has 0 atom stereocenters. The SMILES string of the molecule is CCOc1ccc(S(=O)(=O)N2CCN(CCO)CC2)cc1-c1nc2c(C3CCCC3)noc2c(=O)[nH]1. The monoisotopic (exact) mass is 517 g/mol. The molecule has 2 aromatic heterocycles. The zero-order valence-corrected chi connectivity index (χ0v) is 21.1. The fraction of sp³-hybridized carbons (Fsp3) is 0.542. The summed E-state index contributed by atoms with van der Waals surface area (Å²) in [5, 5.41) is 13.3. The Morgan fingerprint density at radius 1 is 1.19 bits per heavy atom. The van der Waals surface area contributed by atoms with Gasteiger partial charge in [-0.15, -0.1) is 0 Å². The van der Waals surface area contributed by atoms with Crippen molar-refractivity contribution in [1.29, 1.82) is 0 Å². The van der Waals surface area contributed by atoms with Gasteiger partial charge < -0.3 is 19.4 Å². The van der Waals surface area contributed by atoms with E-state index >= 15 is 0 Å². The first-order chi connectivity index (χ1) is 17.4. The van der Waals surface area contributed by atoms with E-state index in [0.29, 0.717) is 61.9 Å². The summed E-state index contributed by atoms with van der Waals surface area (Å²) >= 11 is 0. The molecular formula is C24H31N5O6S. The van der Waals surface area contributed by atoms with Crippen molar-refractivity contribution in [2.45, 2.75) is 43.4 Å². The Bertz CT molecular complexity index is 1390. The van der Waals surface area contributed by atoms with Gasteiger partial charge in [0.25, 0.3) is 5.56 Å². The summed E-state index contributed by atoms with van der Waals surface area (Å²) in [5.41, 5.74) is 1.08. The predicted octanol–water partition coefficient (Wildman–Crippen LogP) is 1.93. The van der Waals surface area contributed by atoms with E-state index in [1.807, 2.05) is 11.8 Å². The van der Waals surface area contributed by atoms with Crippen LogP contribution in [-0.4, -0.2) is 83.8 Å². The van der Waals surface area contributed by atoms with Gasteiger partial charge in [-0.1, -0.05) is 18.0 Å². The number of nitrogens with one attached hydrogen (secondary N) is 1. The number of hydrogen-bond donors (Lipinski definition) is 2. The molecule has 1 aliphatic heterocycles. The molecule has 1 aliphatic carbocycles. The number of hydrogen-bond acceptors (Lipinski definition) is 9. The lowest BCUT2D eigenvalue weighted by atomic mass is 10.0. The standard InChI is InChI=1S/C24H31N5O6S/c1-2-34-19-8-7-17(36(32,33)29-11-9-28(10-12-29)13-14-30)15-18(19)23-25-21-20(16-5-3-4-6-16)27-35-22(21)24(31)26-23/h7-8,15-16,30H,2-6,9-14H2,1H3,(H,25,26,31). The predicted molar refractivity (Wildman–Crippen MR) is 133 cm³/mol. The van der Waals surface area contributed by atoms with Crippen LogP contribution in [0.5, 0.6) is 5.75 Å². The van der Waals surface area contributed by atoms with Crippen LogP contribution in [0.25, 0.3) is 22.5 Å². The third-order valence-corrected chi connectivity index (χ3v) is 8.88. The first-order valence-corrected chi connectivity index (χ1v) is 13.9. The van der Waals surface area contributed by atoms with Crippen LogP contribution >= 0.6 is 0 Å². The second-order valence-corrected chi connectivity index (χ2v) is 11.1. The summed E-state index contributed by atoms with van der Waals surface area (Å²) < 4.78 is 39.5. The van der Waals surface area contributed by atoms with E-state index < -0.39 is 15.6 Å². The average molecular weight is 518 g/mol. The summed E-state index contributed by atoms with van der Waals surface area (Å²) in [6, 6.07) is 4.63. The Balaban J connectivity index is 1.54. The molecule has 3 heterocycles. The number of aromatic amines is 1. The number of ether oxygens (including phenoxy) is 1. The van der Waals surface area contributed by atoms with Crippen molar-refractivity contribution >= 4 is 21.1 Å². The minimum absolute atomic E-state index is 0.0409. The maximum atomic E-state index is 13.5. The Labute approximate surface area is 209 Å². The van der Waals surface area contributed by atoms with Gasteiger partial charge in [-0.05, 0) is 38.0 Å². The number of fused-ring (bicyclic) bond motifs is 1. The van der Waals surface area contributed by atoms with E-state index in [4.69, 9.17) is 14.4 Å². The molecule has 12 heteroatoms. The first-order valence-electron chi connectivity index (χ1n) is 12.4. The van der Waals surface area contributed by atoms with Gasteiger partial charge >= 0.3 is 0 Å². The minimum atomic E-state index is -3.79. The van der Waals surface area contributed by atoms with E-state index in [0.717, 1.165) is 25.7 Å². The lowest BCUT2D eigenvalue weighted by Crippen LogP contribution is -2.49. The minimum Gasteiger partial charge on any atom is -0.493 e. The topological polar surface area (TPSA) is 142 Å². The highest BCUT2D eigenvalue weighted by Crippen LogP contribution is 2.37. The van der Waals surface area contributed by atoms with Gasteiger partial charge in [0, 0.05) is 38.6 Å². The third-order valence-electron chi connectivity index (χ3n) is 6.99. The molecule has 0 unspecified atom stereocenters. The van der Waals surface area contributed by atoms with Gasteiger partial charge in [0.15, 0.2) is 0 Å². The molecule has 1 saturated carbocycles. The third kappa shape index (κ3) is 4.65. The Morgan fingerprint density at radius 2 is 1.94 bits per heavy atom. The molecule has 2 fully saturated rings. The number of aliphatic hydroxyl groups is 1. The van der Waals surface area contributed by atoms with Gasteiger partial charge in [-0.3, -0.25) is 9.69 Å². The lowest BCUT2D eigenvalue weighted by Gasteiger charge is -2.33. The summed E-state index contributed by atoms with van der Waals surface area (Å²) in [6.45, 7) is 4.51. The highest BCUT2D eigenvalue weighted by molar-refractivity contribution is 7.89. The van der Waals surface area contributed by atoms with Crippen LogP contribution in [0.1, 0.15) is 44.2 Å². The van der Waals surface area contributed by atoms with E-state index in [2.05, 4.69) is 15.1 Å². The first kappa shape index (κ1) is 24.9. The molecule has 2 aliphatic rings. The van der Waals surface area contributed by atoms with Crippen molar-refractivity contribution in [2.75, 3.05) is 45.9 Å². The maximum absolute atomic E-state index is 13.5. The maximum Gasteiger partial charge on any atom is 0.297 e. The quantitative estimate of drug-likeness (QED) is 0.458. The average Bonchev–Trinajstić information content (AvgIpc) is 3.55. The number of piperazine rings is 1. The summed E-state index contributed by atoms with van der Waals surface area (Å²) in [5.74, 6) is 0.824. The lowest BCUT2D eigenvalue weighted by molar-refractivity contribution is 0.151. The Kier molecular flexibility index (Phi) is 7.11. The summed E-state index contributed by atoms with van der Waals surface area (Å²) in [7, 11) is -3.79. The van der Waals surface area contributed by atoms with E-state index in [9.17, 15) is 13.2 Å². The summed E-state index contributed by atoms with van der Waals surface area (Å²) in [4.78, 5) is 22.4. The zero-order valence-electron chi connectivity index (χ0n) is 20.3. The molecule has 0 spiro atoms. The van der Waals surface area contributed by atoms with Crippen molar-refractivity contribution < 1.29 is 22.8 Å². The molecule has 0 bridgehead atoms. The van der Waals surface area contributed by atoms with Crippen molar-refractivity contribution in [3.05, 3.63) is 34.2 Å². The van der Waals surface area contributed by atoms with Crippen LogP contribution in [0.15, 0.2) is 32.4 Å². The molecule has 36 heavy (non-hydrogen) atoms. The van der Waals surface area contributed by atoms with Crippen molar-refractivity contribution in [2.24, 2.45) is 0 Å². The molecule has 5 rings (SSSR count). The number of sulfonamides is 1. The molecule has 2 N–H and O–H groups in total. The van der Waals surface area contributed by atoms with Crippen molar-refractivity contribution in [1.82, 2.24) is 24.3 Å². The Hall–Kier alpha value is -2.80. The van der Waals surface area contributed by atoms with E-state index in [1.54, 1.807) is 6.07 Å². The second kappa shape index (κ2) is 10.3. The molecule has 194 valence electrons. The highest BCUT2D eigenvalue weighted by atomic mass is 32.2. The van der Waals surface area contributed by atoms with Gasteiger partial charge in [0.05, 0.1) is 23.7 Å². The Morgan fingerprint density at radius 3 is 2.64 bits per heavy atom. The number of benzene rings is 1. The molecular weight excluding hydrogens is 486 g/mol. The molecule has 1 saturated heterocycles. The van der Waals surface area contributed by atoms with Crippen molar-refractivity contribution in [3.8, 4) is 17.1 Å².